The lowest BCUT2D eigenvalue weighted by Crippen LogP contribution is -2.35. The first-order valence-electron chi connectivity index (χ1n) is 8.42. The number of morpholine rings is 1. The van der Waals surface area contributed by atoms with Crippen molar-refractivity contribution in [2.24, 2.45) is 0 Å². The van der Waals surface area contributed by atoms with Crippen molar-refractivity contribution >= 4 is 9.84 Å². The van der Waals surface area contributed by atoms with Gasteiger partial charge in [0.25, 0.3) is 0 Å². The molecule has 0 saturated carbocycles. The summed E-state index contributed by atoms with van der Waals surface area (Å²) in [6, 6.07) is 8.99. The van der Waals surface area contributed by atoms with Crippen LogP contribution in [-0.4, -0.2) is 57.5 Å². The van der Waals surface area contributed by atoms with E-state index in [1.807, 2.05) is 12.1 Å². The van der Waals surface area contributed by atoms with E-state index in [0.717, 1.165) is 49.8 Å². The van der Waals surface area contributed by atoms with Crippen LogP contribution in [0.5, 0.6) is 5.75 Å². The van der Waals surface area contributed by atoms with Gasteiger partial charge in [-0.3, -0.25) is 4.90 Å². The van der Waals surface area contributed by atoms with E-state index in [9.17, 15) is 8.42 Å². The van der Waals surface area contributed by atoms with Crippen LogP contribution in [0.2, 0.25) is 0 Å². The van der Waals surface area contributed by atoms with E-state index < -0.39 is 9.84 Å². The van der Waals surface area contributed by atoms with Crippen molar-refractivity contribution in [3.05, 3.63) is 36.0 Å². The predicted molar refractivity (Wildman–Crippen MR) is 96.6 cm³/mol. The van der Waals surface area contributed by atoms with Gasteiger partial charge in [0.2, 0.25) is 0 Å². The van der Waals surface area contributed by atoms with Crippen LogP contribution >= 0.6 is 0 Å². The maximum Gasteiger partial charge on any atom is 0.178 e. The van der Waals surface area contributed by atoms with Crippen LogP contribution in [-0.2, 0) is 21.1 Å². The van der Waals surface area contributed by atoms with E-state index in [-0.39, 0.29) is 5.75 Å². The molecule has 136 valence electrons. The van der Waals surface area contributed by atoms with Gasteiger partial charge in [-0.2, -0.15) is 0 Å². The van der Waals surface area contributed by atoms with Crippen LogP contribution in [0.15, 0.2) is 35.2 Å². The minimum atomic E-state index is -3.26. The molecule has 7 heteroatoms. The van der Waals surface area contributed by atoms with Crippen molar-refractivity contribution in [1.82, 2.24) is 9.88 Å². The number of hydrogen-bond donors (Lipinski definition) is 1. The number of nitrogens with zero attached hydrogens (tertiary/aromatic N) is 1. The Morgan fingerprint density at radius 2 is 1.96 bits per heavy atom. The second kappa shape index (κ2) is 7.59. The van der Waals surface area contributed by atoms with Crippen LogP contribution in [0.4, 0.5) is 0 Å². The Hall–Kier alpha value is -1.83. The van der Waals surface area contributed by atoms with Crippen LogP contribution in [0.25, 0.3) is 11.3 Å². The highest BCUT2D eigenvalue weighted by molar-refractivity contribution is 7.91. The molecule has 1 aliphatic rings. The van der Waals surface area contributed by atoms with E-state index in [0.29, 0.717) is 10.6 Å². The molecular formula is C18H24N2O4S. The predicted octanol–water partition coefficient (Wildman–Crippen LogP) is 2.32. The first-order chi connectivity index (χ1) is 12.0. The number of benzene rings is 1. The molecule has 1 aliphatic heterocycles. The van der Waals surface area contributed by atoms with Crippen molar-refractivity contribution in [3.8, 4) is 17.0 Å². The number of rotatable bonds is 6. The summed E-state index contributed by atoms with van der Waals surface area (Å²) in [5.41, 5.74) is 2.70. The highest BCUT2D eigenvalue weighted by Crippen LogP contribution is 2.32. The number of aromatic nitrogens is 1. The fourth-order valence-corrected chi connectivity index (χ4v) is 3.85. The monoisotopic (exact) mass is 364 g/mol. The molecule has 1 aromatic carbocycles. The van der Waals surface area contributed by atoms with E-state index >= 15 is 0 Å². The highest BCUT2D eigenvalue weighted by atomic mass is 32.2. The summed E-state index contributed by atoms with van der Waals surface area (Å²) in [6.07, 6.45) is 0. The molecular weight excluding hydrogens is 340 g/mol. The normalized spacial score (nSPS) is 16.1. The molecule has 0 aliphatic carbocycles. The zero-order valence-corrected chi connectivity index (χ0v) is 15.4. The first kappa shape index (κ1) is 18.0. The van der Waals surface area contributed by atoms with Crippen molar-refractivity contribution in [1.29, 1.82) is 0 Å². The van der Waals surface area contributed by atoms with Crippen molar-refractivity contribution in [2.75, 3.05) is 39.2 Å². The van der Waals surface area contributed by atoms with Gasteiger partial charge in [0.15, 0.2) is 9.84 Å². The van der Waals surface area contributed by atoms with E-state index in [2.05, 4.69) is 9.88 Å². The summed E-state index contributed by atoms with van der Waals surface area (Å²) in [4.78, 5) is 6.03. The van der Waals surface area contributed by atoms with Crippen molar-refractivity contribution in [3.63, 3.8) is 0 Å². The zero-order chi connectivity index (χ0) is 17.9. The Morgan fingerprint density at radius 1 is 1.20 bits per heavy atom. The van der Waals surface area contributed by atoms with Crippen molar-refractivity contribution in [2.45, 2.75) is 18.4 Å². The topological polar surface area (TPSA) is 71.6 Å². The zero-order valence-electron chi connectivity index (χ0n) is 14.6. The van der Waals surface area contributed by atoms with Gasteiger partial charge in [0.1, 0.15) is 5.75 Å². The SMILES string of the molecule is CCS(=O)(=O)c1ccc(OC)c(-c2ccc(CN3CCOCC3)[nH]2)c1. The molecule has 2 heterocycles. The largest absolute Gasteiger partial charge is 0.496 e. The second-order valence-electron chi connectivity index (χ2n) is 6.05. The molecule has 6 nitrogen and oxygen atoms in total. The molecule has 3 rings (SSSR count). The fourth-order valence-electron chi connectivity index (χ4n) is 2.95. The average Bonchev–Trinajstić information content (AvgIpc) is 3.10. The van der Waals surface area contributed by atoms with Crippen LogP contribution in [0.1, 0.15) is 12.6 Å². The Kier molecular flexibility index (Phi) is 5.46. The summed E-state index contributed by atoms with van der Waals surface area (Å²) in [6.45, 7) is 5.83. The summed E-state index contributed by atoms with van der Waals surface area (Å²) >= 11 is 0. The van der Waals surface area contributed by atoms with Crippen LogP contribution < -0.4 is 4.74 Å². The van der Waals surface area contributed by atoms with Crippen LogP contribution in [0.3, 0.4) is 0 Å². The van der Waals surface area contributed by atoms with Gasteiger partial charge in [-0.1, -0.05) is 6.92 Å². The molecule has 0 atom stereocenters. The minimum absolute atomic E-state index is 0.0752. The average molecular weight is 364 g/mol. The van der Waals surface area contributed by atoms with Gasteiger partial charge < -0.3 is 14.5 Å². The Morgan fingerprint density at radius 3 is 2.64 bits per heavy atom. The fraction of sp³-hybridized carbons (Fsp3) is 0.444. The van der Waals surface area contributed by atoms with Gasteiger partial charge in [-0.15, -0.1) is 0 Å². The smallest absolute Gasteiger partial charge is 0.178 e. The Balaban J connectivity index is 1.89. The van der Waals surface area contributed by atoms with Crippen LogP contribution in [0, 0.1) is 0 Å². The summed E-state index contributed by atoms with van der Waals surface area (Å²) in [5.74, 6) is 0.723. The van der Waals surface area contributed by atoms with Gasteiger partial charge in [0, 0.05) is 36.6 Å². The standard InChI is InChI=1S/C18H24N2O4S/c1-3-25(21,22)15-5-7-18(23-2)16(12-15)17-6-4-14(19-17)13-20-8-10-24-11-9-20/h4-7,12,19H,3,8-11,13H2,1-2H3. The number of ether oxygens (including phenoxy) is 2. The summed E-state index contributed by atoms with van der Waals surface area (Å²) in [5, 5.41) is 0. The molecule has 0 bridgehead atoms. The maximum absolute atomic E-state index is 12.2. The molecule has 0 spiro atoms. The third kappa shape index (κ3) is 4.05. The van der Waals surface area contributed by atoms with Gasteiger partial charge in [0.05, 0.1) is 31.0 Å². The summed E-state index contributed by atoms with van der Waals surface area (Å²) < 4.78 is 35.2. The quantitative estimate of drug-likeness (QED) is 0.852. The third-order valence-corrected chi connectivity index (χ3v) is 6.18. The minimum Gasteiger partial charge on any atom is -0.496 e. The molecule has 0 unspecified atom stereocenters. The number of hydrogen-bond acceptors (Lipinski definition) is 5. The molecule has 2 aromatic rings. The first-order valence-corrected chi connectivity index (χ1v) is 10.1. The second-order valence-corrected chi connectivity index (χ2v) is 8.33. The molecule has 0 radical (unpaired) electrons. The third-order valence-electron chi connectivity index (χ3n) is 4.44. The number of H-pyrrole nitrogens is 1. The maximum atomic E-state index is 12.2. The molecule has 1 N–H and O–H groups in total. The molecule has 1 fully saturated rings. The lowest BCUT2D eigenvalue weighted by Gasteiger charge is -2.25. The number of nitrogens with one attached hydrogen (secondary N) is 1. The van der Waals surface area contributed by atoms with Gasteiger partial charge >= 0.3 is 0 Å². The highest BCUT2D eigenvalue weighted by Gasteiger charge is 2.17. The Bertz CT molecular complexity index is 823. The van der Waals surface area contributed by atoms with Gasteiger partial charge in [-0.05, 0) is 30.3 Å². The lowest BCUT2D eigenvalue weighted by atomic mass is 10.1. The molecule has 25 heavy (non-hydrogen) atoms. The molecule has 1 aromatic heterocycles. The number of aromatic amines is 1. The van der Waals surface area contributed by atoms with E-state index in [1.165, 1.54) is 0 Å². The molecule has 1 saturated heterocycles. The van der Waals surface area contributed by atoms with E-state index in [4.69, 9.17) is 9.47 Å². The number of methoxy groups -OCH3 is 1. The summed E-state index contributed by atoms with van der Waals surface area (Å²) in [7, 11) is -1.67. The Labute approximate surface area is 148 Å². The number of sulfone groups is 1. The lowest BCUT2D eigenvalue weighted by molar-refractivity contribution is 0.0337. The van der Waals surface area contributed by atoms with Gasteiger partial charge in [-0.25, -0.2) is 8.42 Å². The molecule has 0 amide bonds. The van der Waals surface area contributed by atoms with E-state index in [1.54, 1.807) is 32.2 Å². The van der Waals surface area contributed by atoms with Crippen molar-refractivity contribution < 1.29 is 17.9 Å².